The molecule has 2 aliphatic rings. The largest absolute Gasteiger partial charge is 0.508 e. The van der Waals surface area contributed by atoms with Gasteiger partial charge in [-0.3, -0.25) is 0 Å². The molecular formula is C15H21NOS. The second-order valence-corrected chi connectivity index (χ2v) is 7.20. The SMILES string of the molecule is C[C@@]12CCCCS[C@@H](Cc3cc(O)ccc31)[C@@H]2N. The Labute approximate surface area is 113 Å². The van der Waals surface area contributed by atoms with Crippen molar-refractivity contribution in [1.29, 1.82) is 0 Å². The smallest absolute Gasteiger partial charge is 0.115 e. The van der Waals surface area contributed by atoms with Gasteiger partial charge in [-0.25, -0.2) is 0 Å². The first-order chi connectivity index (χ1) is 8.61. The topological polar surface area (TPSA) is 46.2 Å². The summed E-state index contributed by atoms with van der Waals surface area (Å²) in [7, 11) is 0. The van der Waals surface area contributed by atoms with E-state index in [1.54, 1.807) is 0 Å². The van der Waals surface area contributed by atoms with Gasteiger partial charge in [-0.2, -0.15) is 11.8 Å². The molecule has 0 saturated carbocycles. The Balaban J connectivity index is 2.11. The van der Waals surface area contributed by atoms with E-state index in [4.69, 9.17) is 5.73 Å². The number of phenols is 1. The minimum atomic E-state index is 0.0827. The van der Waals surface area contributed by atoms with E-state index in [0.717, 1.165) is 6.42 Å². The molecule has 0 unspecified atom stereocenters. The van der Waals surface area contributed by atoms with Crippen molar-refractivity contribution in [3.8, 4) is 5.75 Å². The molecule has 2 nitrogen and oxygen atoms in total. The van der Waals surface area contributed by atoms with Crippen LogP contribution in [0.4, 0.5) is 0 Å². The van der Waals surface area contributed by atoms with Gasteiger partial charge < -0.3 is 10.8 Å². The van der Waals surface area contributed by atoms with Crippen LogP contribution < -0.4 is 5.73 Å². The van der Waals surface area contributed by atoms with Gasteiger partial charge in [-0.1, -0.05) is 19.4 Å². The van der Waals surface area contributed by atoms with Crippen LogP contribution in [0.15, 0.2) is 18.2 Å². The van der Waals surface area contributed by atoms with Gasteiger partial charge in [0.1, 0.15) is 5.75 Å². The van der Waals surface area contributed by atoms with Crippen LogP contribution in [0.5, 0.6) is 5.75 Å². The monoisotopic (exact) mass is 263 g/mol. The number of benzene rings is 1. The van der Waals surface area contributed by atoms with Gasteiger partial charge in [0.15, 0.2) is 0 Å². The highest BCUT2D eigenvalue weighted by Gasteiger charge is 2.44. The van der Waals surface area contributed by atoms with E-state index in [9.17, 15) is 5.11 Å². The normalized spacial score (nSPS) is 35.4. The molecule has 98 valence electrons. The molecule has 1 aromatic rings. The zero-order valence-electron chi connectivity index (χ0n) is 10.9. The lowest BCUT2D eigenvalue weighted by atomic mass is 9.65. The van der Waals surface area contributed by atoms with Crippen LogP contribution in [0.3, 0.4) is 0 Å². The van der Waals surface area contributed by atoms with E-state index in [-0.39, 0.29) is 11.5 Å². The van der Waals surface area contributed by atoms with Gasteiger partial charge in [0.25, 0.3) is 0 Å². The third kappa shape index (κ3) is 1.84. The number of rotatable bonds is 0. The van der Waals surface area contributed by atoms with E-state index >= 15 is 0 Å². The maximum absolute atomic E-state index is 9.69. The van der Waals surface area contributed by atoms with Gasteiger partial charge in [0.2, 0.25) is 0 Å². The van der Waals surface area contributed by atoms with Crippen molar-refractivity contribution in [3.63, 3.8) is 0 Å². The Kier molecular flexibility index (Phi) is 3.07. The highest BCUT2D eigenvalue weighted by Crippen LogP contribution is 2.45. The van der Waals surface area contributed by atoms with E-state index in [1.807, 2.05) is 23.9 Å². The predicted molar refractivity (Wildman–Crippen MR) is 77.2 cm³/mol. The third-order valence-electron chi connectivity index (χ3n) is 4.68. The highest BCUT2D eigenvalue weighted by atomic mass is 32.2. The van der Waals surface area contributed by atoms with Crippen molar-refractivity contribution in [1.82, 2.24) is 0 Å². The Morgan fingerprint density at radius 2 is 2.22 bits per heavy atom. The zero-order valence-corrected chi connectivity index (χ0v) is 11.7. The molecule has 1 aliphatic heterocycles. The summed E-state index contributed by atoms with van der Waals surface area (Å²) < 4.78 is 0. The Morgan fingerprint density at radius 1 is 1.39 bits per heavy atom. The molecular weight excluding hydrogens is 242 g/mol. The number of thioether (sulfide) groups is 1. The predicted octanol–water partition coefficient (Wildman–Crippen LogP) is 2.82. The molecule has 2 bridgehead atoms. The van der Waals surface area contributed by atoms with Crippen molar-refractivity contribution < 1.29 is 5.11 Å². The third-order valence-corrected chi connectivity index (χ3v) is 6.10. The summed E-state index contributed by atoms with van der Waals surface area (Å²) in [5, 5.41) is 10.2. The van der Waals surface area contributed by atoms with Crippen LogP contribution in [0.1, 0.15) is 37.3 Å². The van der Waals surface area contributed by atoms with E-state index in [0.29, 0.717) is 11.0 Å². The van der Waals surface area contributed by atoms with E-state index in [1.165, 1.54) is 36.1 Å². The number of phenolic OH excluding ortho intramolecular Hbond substituents is 1. The Morgan fingerprint density at radius 3 is 3.06 bits per heavy atom. The van der Waals surface area contributed by atoms with Crippen LogP contribution in [0.25, 0.3) is 0 Å². The molecule has 1 saturated heterocycles. The molecule has 3 N–H and O–H groups in total. The highest BCUT2D eigenvalue weighted by molar-refractivity contribution is 7.99. The van der Waals surface area contributed by atoms with Gasteiger partial charge in [-0.15, -0.1) is 0 Å². The summed E-state index contributed by atoms with van der Waals surface area (Å²) in [6.07, 6.45) is 4.73. The van der Waals surface area contributed by atoms with E-state index < -0.39 is 0 Å². The summed E-state index contributed by atoms with van der Waals surface area (Å²) in [5.41, 5.74) is 9.31. The zero-order chi connectivity index (χ0) is 12.8. The summed E-state index contributed by atoms with van der Waals surface area (Å²) >= 11 is 2.02. The number of hydrogen-bond acceptors (Lipinski definition) is 3. The molecule has 18 heavy (non-hydrogen) atoms. The lowest BCUT2D eigenvalue weighted by Gasteiger charge is -2.47. The fraction of sp³-hybridized carbons (Fsp3) is 0.600. The van der Waals surface area contributed by atoms with Gasteiger partial charge in [0.05, 0.1) is 0 Å². The van der Waals surface area contributed by atoms with Crippen LogP contribution in [0, 0.1) is 0 Å². The molecule has 1 aliphatic carbocycles. The molecule has 1 heterocycles. The quantitative estimate of drug-likeness (QED) is 0.756. The minimum Gasteiger partial charge on any atom is -0.508 e. The maximum Gasteiger partial charge on any atom is 0.115 e. The molecule has 3 atom stereocenters. The van der Waals surface area contributed by atoms with Crippen molar-refractivity contribution in [2.24, 2.45) is 5.73 Å². The van der Waals surface area contributed by atoms with Crippen LogP contribution >= 0.6 is 11.8 Å². The molecule has 0 aromatic heterocycles. The average molecular weight is 263 g/mol. The standard InChI is InChI=1S/C15H21NOS/c1-15-6-2-3-7-18-13(14(15)16)9-10-8-11(17)4-5-12(10)15/h4-5,8,13-14,17H,2-3,6-7,9,16H2,1H3/t13-,14-,15+/m0/s1. The summed E-state index contributed by atoms with van der Waals surface area (Å²) in [5.74, 6) is 1.61. The summed E-state index contributed by atoms with van der Waals surface area (Å²) in [4.78, 5) is 0. The minimum absolute atomic E-state index is 0.0827. The number of hydrogen-bond donors (Lipinski definition) is 2. The lowest BCUT2D eigenvalue weighted by Crippen LogP contribution is -2.54. The van der Waals surface area contributed by atoms with Gasteiger partial charge in [0, 0.05) is 16.7 Å². The van der Waals surface area contributed by atoms with Crippen molar-refractivity contribution >= 4 is 11.8 Å². The van der Waals surface area contributed by atoms with Crippen molar-refractivity contribution in [2.75, 3.05) is 5.75 Å². The van der Waals surface area contributed by atoms with Gasteiger partial charge >= 0.3 is 0 Å². The summed E-state index contributed by atoms with van der Waals surface area (Å²) in [6, 6.07) is 6.07. The van der Waals surface area contributed by atoms with Crippen molar-refractivity contribution in [3.05, 3.63) is 29.3 Å². The molecule has 3 rings (SSSR count). The lowest BCUT2D eigenvalue weighted by molar-refractivity contribution is 0.306. The average Bonchev–Trinajstić information content (AvgIpc) is 2.34. The number of aromatic hydroxyl groups is 1. The van der Waals surface area contributed by atoms with Crippen LogP contribution in [-0.4, -0.2) is 22.2 Å². The first-order valence-corrected chi connectivity index (χ1v) is 7.86. The van der Waals surface area contributed by atoms with Crippen LogP contribution in [0.2, 0.25) is 0 Å². The second kappa shape index (κ2) is 4.46. The Bertz CT molecular complexity index is 462. The maximum atomic E-state index is 9.69. The van der Waals surface area contributed by atoms with Crippen LogP contribution in [-0.2, 0) is 11.8 Å². The summed E-state index contributed by atoms with van der Waals surface area (Å²) in [6.45, 7) is 2.31. The first kappa shape index (κ1) is 12.4. The fourth-order valence-corrected chi connectivity index (χ4v) is 5.01. The van der Waals surface area contributed by atoms with Crippen molar-refractivity contribution in [2.45, 2.75) is 49.3 Å². The molecule has 0 amide bonds. The van der Waals surface area contributed by atoms with E-state index in [2.05, 4.69) is 13.0 Å². The molecule has 1 aromatic carbocycles. The van der Waals surface area contributed by atoms with Gasteiger partial charge in [-0.05, 0) is 48.3 Å². The molecule has 0 spiro atoms. The molecule has 3 heteroatoms. The molecule has 1 fully saturated rings. The Hall–Kier alpha value is -0.670. The first-order valence-electron chi connectivity index (χ1n) is 6.81. The molecule has 0 radical (unpaired) electrons. The number of fused-ring (bicyclic) bond motifs is 4. The second-order valence-electron chi connectivity index (χ2n) is 5.86. The number of nitrogens with two attached hydrogens (primary N) is 1. The fourth-order valence-electron chi connectivity index (χ4n) is 3.53.